The third-order valence-corrected chi connectivity index (χ3v) is 4.67. The van der Waals surface area contributed by atoms with E-state index in [0.29, 0.717) is 6.79 Å². The molecule has 4 heteroatoms. The summed E-state index contributed by atoms with van der Waals surface area (Å²) in [6.45, 7) is 0.327. The van der Waals surface area contributed by atoms with Gasteiger partial charge in [-0.3, -0.25) is 0 Å². The molecule has 92 valence electrons. The van der Waals surface area contributed by atoms with Gasteiger partial charge in [0, 0.05) is 10.4 Å². The highest BCUT2D eigenvalue weighted by atomic mass is 32.1. The Bertz CT molecular complexity index is 582. The summed E-state index contributed by atoms with van der Waals surface area (Å²) in [5, 5.41) is 1.11. The largest absolute Gasteiger partial charge is 0.454 e. The molecular formula is C14H13NO2S. The fraction of sp³-hybridized carbons (Fsp3) is 0.357. The molecule has 0 bridgehead atoms. The lowest BCUT2D eigenvalue weighted by Crippen LogP contribution is -1.98. The van der Waals surface area contributed by atoms with E-state index < -0.39 is 0 Å². The van der Waals surface area contributed by atoms with Crippen molar-refractivity contribution < 1.29 is 9.47 Å². The topological polar surface area (TPSA) is 31.4 Å². The normalized spacial score (nSPS) is 16.7. The predicted molar refractivity (Wildman–Crippen MR) is 70.3 cm³/mol. The van der Waals surface area contributed by atoms with Crippen molar-refractivity contribution in [2.45, 2.75) is 25.7 Å². The average molecular weight is 259 g/mol. The van der Waals surface area contributed by atoms with Crippen LogP contribution in [0.15, 0.2) is 18.2 Å². The molecule has 0 atom stereocenters. The number of benzene rings is 1. The first-order valence-corrected chi connectivity index (χ1v) is 7.10. The van der Waals surface area contributed by atoms with Crippen molar-refractivity contribution in [3.05, 3.63) is 28.8 Å². The Balaban J connectivity index is 1.76. The molecule has 0 N–H and O–H groups in total. The van der Waals surface area contributed by atoms with Crippen LogP contribution in [0.4, 0.5) is 0 Å². The van der Waals surface area contributed by atoms with Gasteiger partial charge in [0.2, 0.25) is 6.79 Å². The summed E-state index contributed by atoms with van der Waals surface area (Å²) < 4.78 is 10.7. The summed E-state index contributed by atoms with van der Waals surface area (Å²) in [5.74, 6) is 1.67. The van der Waals surface area contributed by atoms with Crippen LogP contribution in [0.2, 0.25) is 0 Å². The fourth-order valence-electron chi connectivity index (χ4n) is 2.51. The Kier molecular flexibility index (Phi) is 2.30. The van der Waals surface area contributed by atoms with Crippen molar-refractivity contribution in [2.75, 3.05) is 6.79 Å². The molecule has 1 aromatic heterocycles. The summed E-state index contributed by atoms with van der Waals surface area (Å²) in [6, 6.07) is 6.07. The molecule has 1 aliphatic heterocycles. The van der Waals surface area contributed by atoms with Crippen molar-refractivity contribution in [1.82, 2.24) is 4.98 Å². The summed E-state index contributed by atoms with van der Waals surface area (Å²) in [4.78, 5) is 6.24. The highest BCUT2D eigenvalue weighted by Gasteiger charge is 2.18. The lowest BCUT2D eigenvalue weighted by atomic mass is 10.0. The van der Waals surface area contributed by atoms with Gasteiger partial charge < -0.3 is 9.47 Å². The summed E-state index contributed by atoms with van der Waals surface area (Å²) >= 11 is 1.83. The standard InChI is InChI=1S/C14H13NO2S/c1-2-4-13-10(3-1)15-14(18-13)9-5-6-11-12(7-9)17-8-16-11/h5-7H,1-4,8H2. The smallest absolute Gasteiger partial charge is 0.231 e. The molecule has 1 aliphatic carbocycles. The maximum atomic E-state index is 5.42. The Morgan fingerprint density at radius 1 is 1.06 bits per heavy atom. The molecule has 2 heterocycles. The number of hydrogen-bond donors (Lipinski definition) is 0. The van der Waals surface area contributed by atoms with Crippen LogP contribution in [0.1, 0.15) is 23.4 Å². The lowest BCUT2D eigenvalue weighted by Gasteiger charge is -2.06. The number of aromatic nitrogens is 1. The first kappa shape index (κ1) is 10.4. The summed E-state index contributed by atoms with van der Waals surface area (Å²) in [5.41, 5.74) is 2.44. The molecule has 3 nitrogen and oxygen atoms in total. The molecule has 0 saturated heterocycles. The Morgan fingerprint density at radius 3 is 2.89 bits per heavy atom. The van der Waals surface area contributed by atoms with E-state index in [1.54, 1.807) is 0 Å². The van der Waals surface area contributed by atoms with Crippen molar-refractivity contribution in [2.24, 2.45) is 0 Å². The molecule has 0 spiro atoms. The number of thiazole rings is 1. The molecule has 0 saturated carbocycles. The predicted octanol–water partition coefficient (Wildman–Crippen LogP) is 3.42. The minimum atomic E-state index is 0.327. The minimum absolute atomic E-state index is 0.327. The maximum Gasteiger partial charge on any atom is 0.231 e. The van der Waals surface area contributed by atoms with Crippen molar-refractivity contribution in [3.8, 4) is 22.1 Å². The van der Waals surface area contributed by atoms with E-state index in [1.807, 2.05) is 23.5 Å². The van der Waals surface area contributed by atoms with Crippen LogP contribution in [0.25, 0.3) is 10.6 Å². The third kappa shape index (κ3) is 1.60. The van der Waals surface area contributed by atoms with E-state index in [1.165, 1.54) is 29.8 Å². The van der Waals surface area contributed by atoms with Gasteiger partial charge in [-0.2, -0.15) is 0 Å². The van der Waals surface area contributed by atoms with E-state index >= 15 is 0 Å². The second-order valence-corrected chi connectivity index (χ2v) is 5.75. The average Bonchev–Trinajstić information content (AvgIpc) is 3.04. The second-order valence-electron chi connectivity index (χ2n) is 4.66. The molecule has 0 amide bonds. The van der Waals surface area contributed by atoms with Crippen molar-refractivity contribution in [3.63, 3.8) is 0 Å². The highest BCUT2D eigenvalue weighted by molar-refractivity contribution is 7.15. The highest BCUT2D eigenvalue weighted by Crippen LogP contribution is 2.38. The second kappa shape index (κ2) is 3.99. The number of aryl methyl sites for hydroxylation is 2. The number of ether oxygens (including phenoxy) is 2. The van der Waals surface area contributed by atoms with Crippen molar-refractivity contribution >= 4 is 11.3 Å². The van der Waals surface area contributed by atoms with Crippen LogP contribution in [0, 0.1) is 0 Å². The Morgan fingerprint density at radius 2 is 1.94 bits per heavy atom. The van der Waals surface area contributed by atoms with Crippen LogP contribution >= 0.6 is 11.3 Å². The van der Waals surface area contributed by atoms with Gasteiger partial charge in [0.15, 0.2) is 11.5 Å². The number of hydrogen-bond acceptors (Lipinski definition) is 4. The van der Waals surface area contributed by atoms with Gasteiger partial charge >= 0.3 is 0 Å². The van der Waals surface area contributed by atoms with E-state index in [4.69, 9.17) is 14.5 Å². The Labute approximate surface area is 109 Å². The SMILES string of the molecule is c1cc2c(cc1-c1nc3c(s1)CCCC3)OCO2. The number of fused-ring (bicyclic) bond motifs is 2. The van der Waals surface area contributed by atoms with Crippen LogP contribution in [0.3, 0.4) is 0 Å². The van der Waals surface area contributed by atoms with Gasteiger partial charge in [-0.15, -0.1) is 11.3 Å². The lowest BCUT2D eigenvalue weighted by molar-refractivity contribution is 0.174. The van der Waals surface area contributed by atoms with Gasteiger partial charge in [0.25, 0.3) is 0 Å². The van der Waals surface area contributed by atoms with Crippen LogP contribution in [0.5, 0.6) is 11.5 Å². The zero-order valence-electron chi connectivity index (χ0n) is 9.94. The first-order chi connectivity index (χ1) is 8.90. The van der Waals surface area contributed by atoms with Gasteiger partial charge in [-0.05, 0) is 43.9 Å². The molecule has 2 aromatic rings. The van der Waals surface area contributed by atoms with Crippen molar-refractivity contribution in [1.29, 1.82) is 0 Å². The summed E-state index contributed by atoms with van der Waals surface area (Å²) in [6.07, 6.45) is 4.90. The van der Waals surface area contributed by atoms with Crippen LogP contribution in [-0.4, -0.2) is 11.8 Å². The van der Waals surface area contributed by atoms with Gasteiger partial charge in [-0.1, -0.05) is 0 Å². The zero-order chi connectivity index (χ0) is 11.9. The fourth-order valence-corrected chi connectivity index (χ4v) is 3.65. The molecule has 0 fully saturated rings. The number of nitrogens with zero attached hydrogens (tertiary/aromatic N) is 1. The number of rotatable bonds is 1. The Hall–Kier alpha value is -1.55. The molecule has 4 rings (SSSR count). The van der Waals surface area contributed by atoms with Crippen LogP contribution < -0.4 is 9.47 Å². The molecule has 0 unspecified atom stereocenters. The molecule has 2 aliphatic rings. The van der Waals surface area contributed by atoms with E-state index in [2.05, 4.69) is 6.07 Å². The summed E-state index contributed by atoms with van der Waals surface area (Å²) in [7, 11) is 0. The third-order valence-electron chi connectivity index (χ3n) is 3.47. The quantitative estimate of drug-likeness (QED) is 0.786. The van der Waals surface area contributed by atoms with Crippen LogP contribution in [-0.2, 0) is 12.8 Å². The van der Waals surface area contributed by atoms with Gasteiger partial charge in [-0.25, -0.2) is 4.98 Å². The molecule has 18 heavy (non-hydrogen) atoms. The van der Waals surface area contributed by atoms with E-state index in [9.17, 15) is 0 Å². The van der Waals surface area contributed by atoms with E-state index in [0.717, 1.165) is 28.5 Å². The maximum absolute atomic E-state index is 5.42. The van der Waals surface area contributed by atoms with Gasteiger partial charge in [0.05, 0.1) is 5.69 Å². The minimum Gasteiger partial charge on any atom is -0.454 e. The van der Waals surface area contributed by atoms with E-state index in [-0.39, 0.29) is 0 Å². The molecular weight excluding hydrogens is 246 g/mol. The zero-order valence-corrected chi connectivity index (χ0v) is 10.8. The first-order valence-electron chi connectivity index (χ1n) is 6.29. The molecule has 0 radical (unpaired) electrons. The monoisotopic (exact) mass is 259 g/mol. The van der Waals surface area contributed by atoms with Gasteiger partial charge in [0.1, 0.15) is 5.01 Å². The molecule has 1 aromatic carbocycles.